The molecule has 18 heavy (non-hydrogen) atoms. The SMILES string of the molecule is c1ccc(-c2ccn[n+](-c3ccccc3)n2)cc1. The van der Waals surface area contributed by atoms with E-state index < -0.39 is 0 Å². The number of para-hydroxylation sites is 1. The van der Waals surface area contributed by atoms with Gasteiger partial charge < -0.3 is 0 Å². The van der Waals surface area contributed by atoms with Crippen LogP contribution in [0.4, 0.5) is 0 Å². The first-order chi connectivity index (χ1) is 8.93. The van der Waals surface area contributed by atoms with Crippen LogP contribution in [0.2, 0.25) is 0 Å². The van der Waals surface area contributed by atoms with Crippen LogP contribution in [0, 0.1) is 0 Å². The van der Waals surface area contributed by atoms with Crippen LogP contribution in [0.3, 0.4) is 0 Å². The molecule has 0 unspecified atom stereocenters. The second-order valence-corrected chi connectivity index (χ2v) is 3.91. The van der Waals surface area contributed by atoms with Gasteiger partial charge in [0.05, 0.1) is 4.80 Å². The van der Waals surface area contributed by atoms with E-state index in [-0.39, 0.29) is 0 Å². The summed E-state index contributed by atoms with van der Waals surface area (Å²) in [5, 5.41) is 8.76. The molecular weight excluding hydrogens is 222 g/mol. The van der Waals surface area contributed by atoms with Crippen LogP contribution in [-0.2, 0) is 0 Å². The predicted molar refractivity (Wildman–Crippen MR) is 69.0 cm³/mol. The summed E-state index contributed by atoms with van der Waals surface area (Å²) in [5.74, 6) is 0. The molecule has 0 amide bonds. The van der Waals surface area contributed by atoms with Gasteiger partial charge in [0.25, 0.3) is 5.69 Å². The van der Waals surface area contributed by atoms with Crippen LogP contribution in [0.25, 0.3) is 16.9 Å². The van der Waals surface area contributed by atoms with Gasteiger partial charge in [0.15, 0.2) is 0 Å². The molecule has 0 N–H and O–H groups in total. The Hall–Kier alpha value is -2.55. The smallest absolute Gasteiger partial charge is 0.0622 e. The summed E-state index contributed by atoms with van der Waals surface area (Å²) in [5.41, 5.74) is 2.95. The highest BCUT2D eigenvalue weighted by atomic mass is 15.4. The minimum atomic E-state index is 0.912. The van der Waals surface area contributed by atoms with Gasteiger partial charge in [0.1, 0.15) is 11.9 Å². The summed E-state index contributed by atoms with van der Waals surface area (Å²) >= 11 is 0. The maximum Gasteiger partial charge on any atom is 0.268 e. The zero-order valence-electron chi connectivity index (χ0n) is 9.77. The van der Waals surface area contributed by atoms with E-state index in [4.69, 9.17) is 0 Å². The van der Waals surface area contributed by atoms with Gasteiger partial charge in [-0.15, -0.1) is 0 Å². The van der Waals surface area contributed by atoms with Gasteiger partial charge in [0, 0.05) is 27.9 Å². The maximum atomic E-state index is 4.52. The topological polar surface area (TPSA) is 29.7 Å². The van der Waals surface area contributed by atoms with Gasteiger partial charge >= 0.3 is 0 Å². The summed E-state index contributed by atoms with van der Waals surface area (Å²) in [6.07, 6.45) is 1.77. The summed E-state index contributed by atoms with van der Waals surface area (Å²) in [6.45, 7) is 0. The Morgan fingerprint density at radius 1 is 0.722 bits per heavy atom. The molecule has 0 saturated heterocycles. The van der Waals surface area contributed by atoms with Crippen molar-refractivity contribution in [3.05, 3.63) is 72.9 Å². The summed E-state index contributed by atoms with van der Waals surface area (Å²) < 4.78 is 0. The van der Waals surface area contributed by atoms with Crippen molar-refractivity contribution < 1.29 is 4.80 Å². The summed E-state index contributed by atoms with van der Waals surface area (Å²) in [4.78, 5) is 1.64. The van der Waals surface area contributed by atoms with Crippen molar-refractivity contribution in [3.63, 3.8) is 0 Å². The number of benzene rings is 2. The standard InChI is InChI=1S/C15H12N3/c1-3-7-13(8-4-1)15-11-12-16-18(17-15)14-9-5-2-6-10-14/h1-12H/q+1. The minimum absolute atomic E-state index is 0.912. The van der Waals surface area contributed by atoms with Crippen molar-refractivity contribution in [2.75, 3.05) is 0 Å². The molecule has 0 radical (unpaired) electrons. The van der Waals surface area contributed by atoms with E-state index in [1.54, 1.807) is 11.0 Å². The Kier molecular flexibility index (Phi) is 2.80. The first-order valence-electron chi connectivity index (χ1n) is 5.80. The molecule has 0 atom stereocenters. The predicted octanol–water partition coefficient (Wildman–Crippen LogP) is 2.42. The van der Waals surface area contributed by atoms with E-state index >= 15 is 0 Å². The fraction of sp³-hybridized carbons (Fsp3) is 0. The molecule has 3 nitrogen and oxygen atoms in total. The van der Waals surface area contributed by atoms with Crippen molar-refractivity contribution >= 4 is 0 Å². The monoisotopic (exact) mass is 234 g/mol. The van der Waals surface area contributed by atoms with Gasteiger partial charge in [-0.05, 0) is 6.07 Å². The number of rotatable bonds is 2. The van der Waals surface area contributed by atoms with Crippen LogP contribution in [0.5, 0.6) is 0 Å². The minimum Gasteiger partial charge on any atom is -0.0622 e. The highest BCUT2D eigenvalue weighted by Gasteiger charge is 2.11. The largest absolute Gasteiger partial charge is 0.268 e. The molecule has 0 aliphatic carbocycles. The van der Waals surface area contributed by atoms with Crippen molar-refractivity contribution in [1.29, 1.82) is 0 Å². The summed E-state index contributed by atoms with van der Waals surface area (Å²) in [6, 6.07) is 21.9. The first kappa shape index (κ1) is 10.6. The molecule has 3 aromatic rings. The number of hydrogen-bond donors (Lipinski definition) is 0. The molecule has 3 heteroatoms. The lowest BCUT2D eigenvalue weighted by Gasteiger charge is -1.96. The summed E-state index contributed by atoms with van der Waals surface area (Å²) in [7, 11) is 0. The van der Waals surface area contributed by atoms with E-state index in [0.717, 1.165) is 16.9 Å². The lowest BCUT2D eigenvalue weighted by atomic mass is 10.1. The van der Waals surface area contributed by atoms with E-state index in [1.165, 1.54) is 0 Å². The normalized spacial score (nSPS) is 10.2. The van der Waals surface area contributed by atoms with Crippen molar-refractivity contribution in [3.8, 4) is 16.9 Å². The molecule has 1 heterocycles. The maximum absolute atomic E-state index is 4.52. The van der Waals surface area contributed by atoms with Gasteiger partial charge in [-0.3, -0.25) is 0 Å². The molecule has 0 bridgehead atoms. The van der Waals surface area contributed by atoms with Crippen LogP contribution < -0.4 is 4.80 Å². The molecule has 2 aromatic carbocycles. The lowest BCUT2D eigenvalue weighted by Crippen LogP contribution is -2.39. The Labute approximate surface area is 105 Å². The zero-order chi connectivity index (χ0) is 12.2. The fourth-order valence-electron chi connectivity index (χ4n) is 1.78. The average molecular weight is 234 g/mol. The second-order valence-electron chi connectivity index (χ2n) is 3.91. The Bertz CT molecular complexity index is 581. The van der Waals surface area contributed by atoms with E-state index in [0.29, 0.717) is 0 Å². The van der Waals surface area contributed by atoms with Crippen molar-refractivity contribution in [2.24, 2.45) is 0 Å². The lowest BCUT2D eigenvalue weighted by molar-refractivity contribution is -0.718. The van der Waals surface area contributed by atoms with E-state index in [2.05, 4.69) is 10.2 Å². The van der Waals surface area contributed by atoms with Crippen molar-refractivity contribution in [2.45, 2.75) is 0 Å². The average Bonchev–Trinajstić information content (AvgIpc) is 2.49. The molecule has 1 aromatic heterocycles. The quantitative estimate of drug-likeness (QED) is 0.637. The molecule has 3 rings (SSSR count). The Balaban J connectivity index is 2.05. The second kappa shape index (κ2) is 4.75. The molecule has 0 fully saturated rings. The van der Waals surface area contributed by atoms with Gasteiger partial charge in [-0.25, -0.2) is 0 Å². The van der Waals surface area contributed by atoms with E-state index in [9.17, 15) is 0 Å². The molecule has 0 saturated carbocycles. The third-order valence-electron chi connectivity index (χ3n) is 2.67. The van der Waals surface area contributed by atoms with Gasteiger partial charge in [-0.2, -0.15) is 0 Å². The first-order valence-corrected chi connectivity index (χ1v) is 5.80. The van der Waals surface area contributed by atoms with Gasteiger partial charge in [-0.1, -0.05) is 48.5 Å². The Morgan fingerprint density at radius 3 is 2.11 bits per heavy atom. The van der Waals surface area contributed by atoms with Crippen molar-refractivity contribution in [1.82, 2.24) is 10.2 Å². The third-order valence-corrected chi connectivity index (χ3v) is 2.67. The highest BCUT2D eigenvalue weighted by molar-refractivity contribution is 5.57. The number of nitrogens with zero attached hydrogens (tertiary/aromatic N) is 3. The molecule has 86 valence electrons. The van der Waals surface area contributed by atoms with Gasteiger partial charge in [0.2, 0.25) is 0 Å². The molecule has 0 aliphatic rings. The molecule has 0 aliphatic heterocycles. The number of hydrogen-bond acceptors (Lipinski definition) is 2. The fourth-order valence-corrected chi connectivity index (χ4v) is 1.78. The third kappa shape index (κ3) is 2.11. The van der Waals surface area contributed by atoms with Crippen LogP contribution in [0.15, 0.2) is 72.9 Å². The van der Waals surface area contributed by atoms with Crippen LogP contribution in [0.1, 0.15) is 0 Å². The molecule has 0 spiro atoms. The van der Waals surface area contributed by atoms with Crippen LogP contribution >= 0.6 is 0 Å². The Morgan fingerprint density at radius 2 is 1.39 bits per heavy atom. The number of aromatic nitrogens is 3. The molecular formula is C15H12N3+. The van der Waals surface area contributed by atoms with E-state index in [1.807, 2.05) is 66.7 Å². The zero-order valence-corrected chi connectivity index (χ0v) is 9.77. The highest BCUT2D eigenvalue weighted by Crippen LogP contribution is 2.13. The van der Waals surface area contributed by atoms with Crippen LogP contribution in [-0.4, -0.2) is 10.2 Å².